The Hall–Kier alpha value is -4.20. The molecule has 0 unspecified atom stereocenters. The van der Waals surface area contributed by atoms with Crippen molar-refractivity contribution in [2.75, 3.05) is 13.2 Å². The maximum Gasteiger partial charge on any atom is 0.345 e. The Bertz CT molecular complexity index is 1270. The average Bonchev–Trinajstić information content (AvgIpc) is 2.88. The smallest absolute Gasteiger partial charge is 0.345 e. The van der Waals surface area contributed by atoms with Gasteiger partial charge in [0.25, 0.3) is 0 Å². The lowest BCUT2D eigenvalue weighted by molar-refractivity contribution is -0.129. The van der Waals surface area contributed by atoms with Gasteiger partial charge in [-0.3, -0.25) is 14.6 Å². The quantitative estimate of drug-likeness (QED) is 0.167. The molecule has 0 radical (unpaired) electrons. The summed E-state index contributed by atoms with van der Waals surface area (Å²) in [5, 5.41) is 12.9. The molecule has 2 aromatic carbocycles. The maximum absolute atomic E-state index is 12.7. The number of nitrogens with one attached hydrogen (secondary N) is 1. The molecule has 2 N–H and O–H groups in total. The number of ketones is 1. The zero-order valence-electron chi connectivity index (χ0n) is 21.5. The number of phenolic OH excluding ortho intramolecular Hbond substituents is 1. The fourth-order valence-electron chi connectivity index (χ4n) is 3.59. The molecule has 8 nitrogen and oxygen atoms in total. The third-order valence-electron chi connectivity index (χ3n) is 5.95. The fourth-order valence-corrected chi connectivity index (χ4v) is 3.59. The molecule has 0 spiro atoms. The van der Waals surface area contributed by atoms with Gasteiger partial charge in [-0.05, 0) is 74.2 Å². The number of amides is 1. The van der Waals surface area contributed by atoms with E-state index in [1.807, 2.05) is 45.9 Å². The van der Waals surface area contributed by atoms with E-state index in [-0.39, 0.29) is 40.9 Å². The first kappa shape index (κ1) is 27.4. The summed E-state index contributed by atoms with van der Waals surface area (Å²) < 4.78 is 11.1. The second-order valence-electron chi connectivity index (χ2n) is 9.52. The van der Waals surface area contributed by atoms with Gasteiger partial charge in [0.05, 0.1) is 18.7 Å². The van der Waals surface area contributed by atoms with Crippen LogP contribution in [0.2, 0.25) is 0 Å². The van der Waals surface area contributed by atoms with Gasteiger partial charge in [0.2, 0.25) is 5.91 Å². The van der Waals surface area contributed by atoms with Crippen molar-refractivity contribution in [2.45, 2.75) is 40.5 Å². The van der Waals surface area contributed by atoms with Crippen molar-refractivity contribution in [1.29, 1.82) is 0 Å². The normalized spacial score (nSPS) is 11.0. The SMILES string of the molecule is Cc1ccc(C)c(OCCCC(C)(C)C(=O)NCC(=O)c2ccc(OC(=O)c3cccnc3)c(O)c2)c1. The summed E-state index contributed by atoms with van der Waals surface area (Å²) in [6.07, 6.45) is 4.13. The van der Waals surface area contributed by atoms with Crippen LogP contribution < -0.4 is 14.8 Å². The average molecular weight is 505 g/mol. The predicted molar refractivity (Wildman–Crippen MR) is 139 cm³/mol. The number of pyridine rings is 1. The minimum Gasteiger partial charge on any atom is -0.504 e. The van der Waals surface area contributed by atoms with Crippen LogP contribution in [-0.2, 0) is 4.79 Å². The number of nitrogens with zero attached hydrogens (tertiary/aromatic N) is 1. The number of hydrogen-bond acceptors (Lipinski definition) is 7. The van der Waals surface area contributed by atoms with Crippen molar-refractivity contribution in [3.63, 3.8) is 0 Å². The summed E-state index contributed by atoms with van der Waals surface area (Å²) in [5.74, 6) is -0.927. The number of aryl methyl sites for hydroxylation is 2. The molecular weight excluding hydrogens is 472 g/mol. The molecule has 8 heteroatoms. The Morgan fingerprint density at radius 3 is 2.49 bits per heavy atom. The largest absolute Gasteiger partial charge is 0.504 e. The molecule has 1 heterocycles. The number of ether oxygens (including phenoxy) is 2. The summed E-state index contributed by atoms with van der Waals surface area (Å²) in [6.45, 7) is 7.90. The summed E-state index contributed by atoms with van der Waals surface area (Å²) in [5.41, 5.74) is 1.89. The van der Waals surface area contributed by atoms with Crippen LogP contribution in [0.1, 0.15) is 58.5 Å². The lowest BCUT2D eigenvalue weighted by Gasteiger charge is -2.23. The summed E-state index contributed by atoms with van der Waals surface area (Å²) in [4.78, 5) is 41.3. The molecule has 37 heavy (non-hydrogen) atoms. The van der Waals surface area contributed by atoms with Crippen molar-refractivity contribution < 1.29 is 29.0 Å². The first-order valence-corrected chi connectivity index (χ1v) is 12.0. The van der Waals surface area contributed by atoms with Crippen molar-refractivity contribution in [3.05, 3.63) is 83.2 Å². The van der Waals surface area contributed by atoms with Crippen LogP contribution in [0.25, 0.3) is 0 Å². The van der Waals surface area contributed by atoms with Gasteiger partial charge in [-0.25, -0.2) is 4.79 Å². The van der Waals surface area contributed by atoms with Crippen LogP contribution in [0.5, 0.6) is 17.2 Å². The van der Waals surface area contributed by atoms with Crippen LogP contribution >= 0.6 is 0 Å². The molecule has 0 aliphatic rings. The molecule has 3 rings (SSSR count). The molecule has 0 bridgehead atoms. The first-order valence-electron chi connectivity index (χ1n) is 12.0. The first-order chi connectivity index (χ1) is 17.6. The van der Waals surface area contributed by atoms with E-state index in [2.05, 4.69) is 10.3 Å². The van der Waals surface area contributed by atoms with E-state index in [4.69, 9.17) is 9.47 Å². The molecule has 0 aliphatic heterocycles. The molecule has 0 saturated heterocycles. The summed E-state index contributed by atoms with van der Waals surface area (Å²) in [7, 11) is 0. The van der Waals surface area contributed by atoms with Gasteiger partial charge in [0.15, 0.2) is 17.3 Å². The van der Waals surface area contributed by atoms with E-state index in [1.54, 1.807) is 6.07 Å². The number of aromatic nitrogens is 1. The zero-order chi connectivity index (χ0) is 27.0. The van der Waals surface area contributed by atoms with Gasteiger partial charge >= 0.3 is 5.97 Å². The van der Waals surface area contributed by atoms with Crippen LogP contribution in [0.3, 0.4) is 0 Å². The van der Waals surface area contributed by atoms with Crippen LogP contribution in [0.15, 0.2) is 60.9 Å². The summed E-state index contributed by atoms with van der Waals surface area (Å²) >= 11 is 0. The number of hydrogen-bond donors (Lipinski definition) is 2. The molecule has 0 saturated carbocycles. The van der Waals surface area contributed by atoms with Crippen molar-refractivity contribution in [1.82, 2.24) is 10.3 Å². The maximum atomic E-state index is 12.7. The van der Waals surface area contributed by atoms with Gasteiger partial charge in [-0.15, -0.1) is 0 Å². The third kappa shape index (κ3) is 7.64. The van der Waals surface area contributed by atoms with Gasteiger partial charge in [0.1, 0.15) is 5.75 Å². The second kappa shape index (κ2) is 12.2. The number of carbonyl (C=O) groups is 3. The van der Waals surface area contributed by atoms with Gasteiger partial charge in [-0.2, -0.15) is 0 Å². The van der Waals surface area contributed by atoms with Crippen molar-refractivity contribution in [2.24, 2.45) is 5.41 Å². The monoisotopic (exact) mass is 504 g/mol. The Labute approximate surface area is 216 Å². The van der Waals surface area contributed by atoms with E-state index in [9.17, 15) is 19.5 Å². The minimum atomic E-state index is -0.697. The standard InChI is InChI=1S/C29H32N2O6/c1-19-8-9-20(2)26(15-19)36-14-6-12-29(3,4)28(35)31-18-24(33)21-10-11-25(23(32)16-21)37-27(34)22-7-5-13-30-17-22/h5,7-11,13,15-17,32H,6,12,14,18H2,1-4H3,(H,31,35). The lowest BCUT2D eigenvalue weighted by Crippen LogP contribution is -2.39. The van der Waals surface area contributed by atoms with Gasteiger partial charge in [-0.1, -0.05) is 26.0 Å². The Morgan fingerprint density at radius 1 is 1.00 bits per heavy atom. The van der Waals surface area contributed by atoms with Crippen molar-refractivity contribution >= 4 is 17.7 Å². The third-order valence-corrected chi connectivity index (χ3v) is 5.95. The van der Waals surface area contributed by atoms with Gasteiger partial charge < -0.3 is 19.9 Å². The van der Waals surface area contributed by atoms with Crippen LogP contribution in [0, 0.1) is 19.3 Å². The number of esters is 1. The van der Waals surface area contributed by atoms with E-state index < -0.39 is 11.4 Å². The van der Waals surface area contributed by atoms with E-state index in [0.29, 0.717) is 19.4 Å². The summed E-state index contributed by atoms with van der Waals surface area (Å²) in [6, 6.07) is 13.1. The van der Waals surface area contributed by atoms with Crippen molar-refractivity contribution in [3.8, 4) is 17.2 Å². The minimum absolute atomic E-state index is 0.0846. The number of rotatable bonds is 11. The molecule has 1 aromatic heterocycles. The second-order valence-corrected chi connectivity index (χ2v) is 9.52. The van der Waals surface area contributed by atoms with Crippen LogP contribution in [-0.4, -0.2) is 40.9 Å². The fraction of sp³-hybridized carbons (Fsp3) is 0.310. The number of Topliss-reactive ketones (excluding diaryl/α,β-unsaturated/α-hetero) is 1. The number of benzene rings is 2. The highest BCUT2D eigenvalue weighted by atomic mass is 16.5. The zero-order valence-corrected chi connectivity index (χ0v) is 21.5. The van der Waals surface area contributed by atoms with E-state index in [0.717, 1.165) is 16.9 Å². The molecule has 1 amide bonds. The predicted octanol–water partition coefficient (Wildman–Crippen LogP) is 4.81. The number of phenols is 1. The number of carbonyl (C=O) groups excluding carboxylic acids is 3. The Balaban J connectivity index is 1.47. The Morgan fingerprint density at radius 2 is 1.78 bits per heavy atom. The van der Waals surface area contributed by atoms with Gasteiger partial charge in [0, 0.05) is 23.4 Å². The molecule has 0 atom stereocenters. The Kier molecular flexibility index (Phi) is 9.00. The lowest BCUT2D eigenvalue weighted by atomic mass is 9.87. The van der Waals surface area contributed by atoms with E-state index >= 15 is 0 Å². The number of aromatic hydroxyl groups is 1. The molecular formula is C29H32N2O6. The highest BCUT2D eigenvalue weighted by Gasteiger charge is 2.27. The molecule has 0 aliphatic carbocycles. The highest BCUT2D eigenvalue weighted by Crippen LogP contribution is 2.28. The molecule has 3 aromatic rings. The van der Waals surface area contributed by atoms with E-state index in [1.165, 1.54) is 36.7 Å². The topological polar surface area (TPSA) is 115 Å². The molecule has 0 fully saturated rings. The molecule has 194 valence electrons. The van der Waals surface area contributed by atoms with Crippen LogP contribution in [0.4, 0.5) is 0 Å². The highest BCUT2D eigenvalue weighted by molar-refractivity contribution is 6.00.